The van der Waals surface area contributed by atoms with Gasteiger partial charge in [0.25, 0.3) is 5.91 Å². The predicted molar refractivity (Wildman–Crippen MR) is 112 cm³/mol. The number of nitrogens with one attached hydrogen (secondary N) is 2. The van der Waals surface area contributed by atoms with Gasteiger partial charge < -0.3 is 15.0 Å². The lowest BCUT2D eigenvalue weighted by molar-refractivity contribution is -0.123. The van der Waals surface area contributed by atoms with E-state index in [1.807, 2.05) is 68.4 Å². The number of rotatable bonds is 8. The van der Waals surface area contributed by atoms with Gasteiger partial charge in [-0.25, -0.2) is 5.43 Å². The van der Waals surface area contributed by atoms with Gasteiger partial charge in [0.2, 0.25) is 5.91 Å². The molecule has 0 saturated heterocycles. The second kappa shape index (κ2) is 10.1. The standard InChI is InChI=1S/C21H26N4O3/c1-15-7-5-6-8-19(15)28-14-21(27)24-23-16(2)13-20(26)22-17-9-11-18(12-10-17)25(3)4/h5-12H,13-14H2,1-4H3,(H,22,26)(H,24,27)/b23-16+. The Morgan fingerprint density at radius 1 is 1.04 bits per heavy atom. The van der Waals surface area contributed by atoms with E-state index in [9.17, 15) is 9.59 Å². The predicted octanol–water partition coefficient (Wildman–Crippen LogP) is 2.96. The summed E-state index contributed by atoms with van der Waals surface area (Å²) in [6.45, 7) is 3.44. The van der Waals surface area contributed by atoms with Gasteiger partial charge in [0.05, 0.1) is 6.42 Å². The van der Waals surface area contributed by atoms with Crippen LogP contribution in [0.15, 0.2) is 53.6 Å². The molecule has 0 aliphatic rings. The summed E-state index contributed by atoms with van der Waals surface area (Å²) in [5.41, 5.74) is 5.60. The average Bonchev–Trinajstić information content (AvgIpc) is 2.66. The molecule has 7 heteroatoms. The maximum atomic E-state index is 12.1. The van der Waals surface area contributed by atoms with Crippen LogP contribution in [0.3, 0.4) is 0 Å². The number of hydrazone groups is 1. The Balaban J connectivity index is 1.77. The van der Waals surface area contributed by atoms with Gasteiger partial charge in [-0.1, -0.05) is 18.2 Å². The van der Waals surface area contributed by atoms with E-state index in [0.29, 0.717) is 17.1 Å². The number of aryl methyl sites for hydroxylation is 1. The number of ether oxygens (including phenoxy) is 1. The maximum Gasteiger partial charge on any atom is 0.277 e. The molecule has 0 saturated carbocycles. The zero-order valence-electron chi connectivity index (χ0n) is 16.7. The van der Waals surface area contributed by atoms with Crippen molar-refractivity contribution < 1.29 is 14.3 Å². The van der Waals surface area contributed by atoms with E-state index in [1.165, 1.54) is 0 Å². The zero-order chi connectivity index (χ0) is 20.5. The molecule has 2 amide bonds. The summed E-state index contributed by atoms with van der Waals surface area (Å²) in [5, 5.41) is 6.75. The molecule has 2 aromatic carbocycles. The first-order chi connectivity index (χ1) is 13.3. The van der Waals surface area contributed by atoms with Crippen molar-refractivity contribution in [3.8, 4) is 5.75 Å². The van der Waals surface area contributed by atoms with Crippen LogP contribution in [0, 0.1) is 6.92 Å². The van der Waals surface area contributed by atoms with Gasteiger partial charge in [-0.05, 0) is 49.7 Å². The summed E-state index contributed by atoms with van der Waals surface area (Å²) >= 11 is 0. The molecule has 0 atom stereocenters. The molecule has 0 heterocycles. The van der Waals surface area contributed by atoms with Gasteiger partial charge >= 0.3 is 0 Å². The highest BCUT2D eigenvalue weighted by Crippen LogP contribution is 2.16. The number of benzene rings is 2. The Hall–Kier alpha value is -3.35. The molecule has 148 valence electrons. The number of hydrogen-bond donors (Lipinski definition) is 2. The second-order valence-corrected chi connectivity index (χ2v) is 6.60. The number of hydrogen-bond acceptors (Lipinski definition) is 5. The van der Waals surface area contributed by atoms with Crippen molar-refractivity contribution in [1.29, 1.82) is 0 Å². The van der Waals surface area contributed by atoms with E-state index < -0.39 is 0 Å². The van der Waals surface area contributed by atoms with Crippen LogP contribution >= 0.6 is 0 Å². The van der Waals surface area contributed by atoms with Crippen molar-refractivity contribution >= 4 is 28.9 Å². The smallest absolute Gasteiger partial charge is 0.277 e. The van der Waals surface area contributed by atoms with E-state index in [2.05, 4.69) is 15.8 Å². The summed E-state index contributed by atoms with van der Waals surface area (Å²) in [7, 11) is 3.90. The van der Waals surface area contributed by atoms with Crippen molar-refractivity contribution in [3.63, 3.8) is 0 Å². The SMILES string of the molecule is C/C(CC(=O)Nc1ccc(N(C)C)cc1)=N\NC(=O)COc1ccccc1C. The van der Waals surface area contributed by atoms with Crippen LogP contribution < -0.4 is 20.4 Å². The minimum absolute atomic E-state index is 0.0777. The van der Waals surface area contributed by atoms with E-state index in [1.54, 1.807) is 13.0 Å². The van der Waals surface area contributed by atoms with Gasteiger partial charge in [0, 0.05) is 31.2 Å². The lowest BCUT2D eigenvalue weighted by Gasteiger charge is -2.13. The van der Waals surface area contributed by atoms with Gasteiger partial charge in [0.1, 0.15) is 5.75 Å². The van der Waals surface area contributed by atoms with E-state index in [4.69, 9.17) is 4.74 Å². The highest BCUT2D eigenvalue weighted by atomic mass is 16.5. The monoisotopic (exact) mass is 382 g/mol. The quantitative estimate of drug-likeness (QED) is 0.543. The Morgan fingerprint density at radius 3 is 2.36 bits per heavy atom. The summed E-state index contributed by atoms with van der Waals surface area (Å²) in [5.74, 6) is 0.0598. The fourth-order valence-corrected chi connectivity index (χ4v) is 2.37. The second-order valence-electron chi connectivity index (χ2n) is 6.60. The highest BCUT2D eigenvalue weighted by Gasteiger charge is 2.07. The molecule has 7 nitrogen and oxygen atoms in total. The number of anilines is 2. The van der Waals surface area contributed by atoms with Crippen molar-refractivity contribution in [2.45, 2.75) is 20.3 Å². The Morgan fingerprint density at radius 2 is 1.71 bits per heavy atom. The fraction of sp³-hybridized carbons (Fsp3) is 0.286. The van der Waals surface area contributed by atoms with Gasteiger partial charge in [-0.2, -0.15) is 5.10 Å². The maximum absolute atomic E-state index is 12.1. The third-order valence-electron chi connectivity index (χ3n) is 3.91. The number of carbonyl (C=O) groups excluding carboxylic acids is 2. The molecule has 0 aliphatic heterocycles. The van der Waals surface area contributed by atoms with Crippen LogP contribution in [0.1, 0.15) is 18.9 Å². The number of para-hydroxylation sites is 1. The molecule has 0 radical (unpaired) electrons. The molecule has 0 unspecified atom stereocenters. The number of carbonyl (C=O) groups is 2. The normalized spacial score (nSPS) is 10.9. The van der Waals surface area contributed by atoms with E-state index in [-0.39, 0.29) is 24.8 Å². The van der Waals surface area contributed by atoms with Crippen LogP contribution in [0.5, 0.6) is 5.75 Å². The molecular weight excluding hydrogens is 356 g/mol. The number of amides is 2. The third-order valence-corrected chi connectivity index (χ3v) is 3.91. The van der Waals surface area contributed by atoms with Crippen molar-refractivity contribution in [2.24, 2.45) is 5.10 Å². The fourth-order valence-electron chi connectivity index (χ4n) is 2.37. The molecule has 0 bridgehead atoms. The van der Waals surface area contributed by atoms with Crippen LogP contribution in [0.25, 0.3) is 0 Å². The molecule has 2 rings (SSSR count). The molecule has 2 aromatic rings. The first-order valence-electron chi connectivity index (χ1n) is 8.93. The van der Waals surface area contributed by atoms with Crippen LogP contribution in [-0.4, -0.2) is 38.2 Å². The van der Waals surface area contributed by atoms with E-state index >= 15 is 0 Å². The molecule has 2 N–H and O–H groups in total. The van der Waals surface area contributed by atoms with Crippen LogP contribution in [0.4, 0.5) is 11.4 Å². The van der Waals surface area contributed by atoms with Crippen molar-refractivity contribution in [1.82, 2.24) is 5.43 Å². The highest BCUT2D eigenvalue weighted by molar-refractivity contribution is 6.05. The molecular formula is C21H26N4O3. The molecule has 0 spiro atoms. The molecule has 0 fully saturated rings. The van der Waals surface area contributed by atoms with E-state index in [0.717, 1.165) is 11.3 Å². The molecule has 0 aliphatic carbocycles. The first-order valence-corrected chi connectivity index (χ1v) is 8.93. The zero-order valence-corrected chi connectivity index (χ0v) is 16.7. The van der Waals surface area contributed by atoms with Gasteiger partial charge in [-0.3, -0.25) is 9.59 Å². The van der Waals surface area contributed by atoms with Gasteiger partial charge in [0.15, 0.2) is 6.61 Å². The van der Waals surface area contributed by atoms with Crippen LogP contribution in [0.2, 0.25) is 0 Å². The summed E-state index contributed by atoms with van der Waals surface area (Å²) in [4.78, 5) is 25.9. The molecule has 0 aromatic heterocycles. The average molecular weight is 382 g/mol. The minimum atomic E-state index is -0.387. The summed E-state index contributed by atoms with van der Waals surface area (Å²) < 4.78 is 5.45. The summed E-state index contributed by atoms with van der Waals surface area (Å²) in [6.07, 6.45) is 0.0777. The largest absolute Gasteiger partial charge is 0.483 e. The summed E-state index contributed by atoms with van der Waals surface area (Å²) in [6, 6.07) is 15.0. The number of nitrogens with zero attached hydrogens (tertiary/aromatic N) is 2. The first kappa shape index (κ1) is 21.0. The Bertz CT molecular complexity index is 845. The Kier molecular flexibility index (Phi) is 7.56. The van der Waals surface area contributed by atoms with Crippen molar-refractivity contribution in [2.75, 3.05) is 30.9 Å². The third kappa shape index (κ3) is 6.75. The van der Waals surface area contributed by atoms with Gasteiger partial charge in [-0.15, -0.1) is 0 Å². The Labute approximate surface area is 165 Å². The molecule has 28 heavy (non-hydrogen) atoms. The van der Waals surface area contributed by atoms with Crippen molar-refractivity contribution in [3.05, 3.63) is 54.1 Å². The lowest BCUT2D eigenvalue weighted by atomic mass is 10.2. The van der Waals surface area contributed by atoms with Crippen LogP contribution in [-0.2, 0) is 9.59 Å². The lowest BCUT2D eigenvalue weighted by Crippen LogP contribution is -2.26. The minimum Gasteiger partial charge on any atom is -0.483 e. The topological polar surface area (TPSA) is 83.0 Å².